The van der Waals surface area contributed by atoms with Crippen molar-refractivity contribution in [3.63, 3.8) is 0 Å². The van der Waals surface area contributed by atoms with Crippen molar-refractivity contribution in [1.82, 2.24) is 15.2 Å². The van der Waals surface area contributed by atoms with Gasteiger partial charge in [0.2, 0.25) is 5.36 Å². The predicted octanol–water partition coefficient (Wildman–Crippen LogP) is 7.43. The number of carboxylic acids is 3. The molecule has 17 nitrogen and oxygen atoms in total. The van der Waals surface area contributed by atoms with E-state index in [0.717, 1.165) is 17.1 Å². The van der Waals surface area contributed by atoms with Crippen molar-refractivity contribution in [2.24, 2.45) is 0 Å². The van der Waals surface area contributed by atoms with Gasteiger partial charge in [0.25, 0.3) is 11.8 Å². The Morgan fingerprint density at radius 3 is 1.87 bits per heavy atom. The molecule has 70 heavy (non-hydrogen) atoms. The summed E-state index contributed by atoms with van der Waals surface area (Å²) in [5.74, 6) is -5.03. The van der Waals surface area contributed by atoms with Crippen molar-refractivity contribution < 1.29 is 57.7 Å². The molecule has 2 aliphatic carbocycles. The molecule has 0 bridgehead atoms. The number of aromatic hydroxyl groups is 1. The third-order valence-electron chi connectivity index (χ3n) is 11.9. The Kier molecular flexibility index (Phi) is 11.7. The highest BCUT2D eigenvalue weighted by molar-refractivity contribution is 6.11. The van der Waals surface area contributed by atoms with E-state index in [2.05, 4.69) is 10.6 Å². The van der Waals surface area contributed by atoms with Crippen LogP contribution in [0.15, 0.2) is 133 Å². The van der Waals surface area contributed by atoms with E-state index in [1.54, 1.807) is 6.07 Å². The zero-order chi connectivity index (χ0) is 49.7. The fourth-order valence-corrected chi connectivity index (χ4v) is 8.43. The van der Waals surface area contributed by atoms with Crippen molar-refractivity contribution >= 4 is 57.3 Å². The molecule has 0 saturated carbocycles. The first-order chi connectivity index (χ1) is 33.5. The van der Waals surface area contributed by atoms with Crippen molar-refractivity contribution in [2.75, 3.05) is 33.1 Å². The first-order valence-electron chi connectivity index (χ1n) is 21.5. The Morgan fingerprint density at radius 1 is 0.586 bits per heavy atom. The van der Waals surface area contributed by atoms with Crippen LogP contribution in [0.2, 0.25) is 0 Å². The molecule has 0 saturated heterocycles. The van der Waals surface area contributed by atoms with E-state index in [0.29, 0.717) is 39.0 Å². The number of carbonyl (C=O) groups is 5. The van der Waals surface area contributed by atoms with Gasteiger partial charge < -0.3 is 49.2 Å². The van der Waals surface area contributed by atoms with Gasteiger partial charge in [0.15, 0.2) is 11.2 Å². The van der Waals surface area contributed by atoms with Crippen LogP contribution in [0.1, 0.15) is 63.3 Å². The molecule has 2 aliphatic heterocycles. The number of benzene rings is 6. The zero-order valence-corrected chi connectivity index (χ0v) is 37.7. The van der Waals surface area contributed by atoms with Crippen LogP contribution in [0.3, 0.4) is 0 Å². The Bertz CT molecular complexity index is 3740. The van der Waals surface area contributed by atoms with Crippen LogP contribution in [0.4, 0.5) is 5.69 Å². The SMILES string of the molecule is CN(C)c1ccc2c(-c3ccc(C(=O)NCc4ccc(C(=O)NCc5c(O)ccc6c(-c7ccc(C(=O)O)cc7C(=O)O)c7ccc(=O)cc-7oc56)o4)cc3C(=O)O)c3ccc(=[N+](C)C)cc-3oc2c1. The van der Waals surface area contributed by atoms with Gasteiger partial charge in [-0.2, -0.15) is 0 Å². The van der Waals surface area contributed by atoms with Gasteiger partial charge in [-0.25, -0.2) is 19.0 Å². The van der Waals surface area contributed by atoms with Crippen LogP contribution in [-0.4, -0.2) is 78.3 Å². The van der Waals surface area contributed by atoms with E-state index < -0.39 is 35.2 Å². The molecule has 9 rings (SSSR count). The molecule has 0 radical (unpaired) electrons. The number of anilines is 1. The summed E-state index contributed by atoms with van der Waals surface area (Å²) in [7, 11) is 7.63. The highest BCUT2D eigenvalue weighted by Gasteiger charge is 2.27. The molecule has 6 N–H and O–H groups in total. The van der Waals surface area contributed by atoms with Crippen LogP contribution < -0.4 is 30.9 Å². The highest BCUT2D eigenvalue weighted by atomic mass is 16.4. The fourth-order valence-electron chi connectivity index (χ4n) is 8.43. The summed E-state index contributed by atoms with van der Waals surface area (Å²) in [4.78, 5) is 78.6. The minimum absolute atomic E-state index is 0.00663. The average molecular weight is 942 g/mol. The Morgan fingerprint density at radius 2 is 1.20 bits per heavy atom. The third-order valence-corrected chi connectivity index (χ3v) is 11.9. The minimum atomic E-state index is -1.41. The molecule has 1 aromatic heterocycles. The number of rotatable bonds is 12. The van der Waals surface area contributed by atoms with E-state index in [9.17, 15) is 49.2 Å². The van der Waals surface area contributed by atoms with Gasteiger partial charge in [0, 0.05) is 76.6 Å². The number of nitrogens with one attached hydrogen (secondary N) is 2. The van der Waals surface area contributed by atoms with Gasteiger partial charge in [0.05, 0.1) is 41.4 Å². The molecular formula is C53H41N4O13+. The number of aromatic carboxylic acids is 3. The average Bonchev–Trinajstić information content (AvgIpc) is 3.82. The number of amides is 2. The highest BCUT2D eigenvalue weighted by Crippen LogP contribution is 2.45. The number of hydrogen-bond acceptors (Lipinski definition) is 11. The van der Waals surface area contributed by atoms with Crippen LogP contribution in [0.5, 0.6) is 5.75 Å². The number of phenols is 1. The summed E-state index contributed by atoms with van der Waals surface area (Å²) in [6.07, 6.45) is 0. The fraction of sp³-hybridized carbons (Fsp3) is 0.113. The number of carbonyl (C=O) groups excluding carboxylic acids is 2. The number of furan rings is 1. The number of nitrogens with zero attached hydrogens (tertiary/aromatic N) is 2. The van der Waals surface area contributed by atoms with E-state index in [1.165, 1.54) is 66.7 Å². The zero-order valence-electron chi connectivity index (χ0n) is 37.7. The minimum Gasteiger partial charge on any atom is -0.507 e. The summed E-state index contributed by atoms with van der Waals surface area (Å²) >= 11 is 0. The number of carboxylic acid groups (broad SMARTS) is 3. The monoisotopic (exact) mass is 941 g/mol. The molecule has 5 aromatic rings. The van der Waals surface area contributed by atoms with E-state index in [4.69, 9.17) is 13.3 Å². The quantitative estimate of drug-likeness (QED) is 0.0515. The van der Waals surface area contributed by atoms with Crippen LogP contribution in [-0.2, 0) is 13.1 Å². The van der Waals surface area contributed by atoms with Crippen molar-refractivity contribution in [2.45, 2.75) is 13.1 Å². The number of hydrogen-bond donors (Lipinski definition) is 6. The maximum Gasteiger partial charge on any atom is 0.336 e. The van der Waals surface area contributed by atoms with Crippen molar-refractivity contribution in [1.29, 1.82) is 0 Å². The van der Waals surface area contributed by atoms with E-state index in [-0.39, 0.29) is 86.0 Å². The van der Waals surface area contributed by atoms with Crippen molar-refractivity contribution in [3.8, 4) is 50.7 Å². The summed E-state index contributed by atoms with van der Waals surface area (Å²) in [5.41, 5.74) is 2.81. The molecule has 0 atom stereocenters. The molecule has 2 amide bonds. The third kappa shape index (κ3) is 8.42. The summed E-state index contributed by atoms with van der Waals surface area (Å²) < 4.78 is 20.2. The van der Waals surface area contributed by atoms with Crippen molar-refractivity contribution in [3.05, 3.63) is 170 Å². The predicted molar refractivity (Wildman–Crippen MR) is 258 cm³/mol. The molecule has 350 valence electrons. The first kappa shape index (κ1) is 45.6. The normalized spacial score (nSPS) is 11.3. The van der Waals surface area contributed by atoms with Gasteiger partial charge in [-0.05, 0) is 90.0 Å². The lowest BCUT2D eigenvalue weighted by atomic mass is 9.89. The Balaban J connectivity index is 0.963. The molecule has 0 spiro atoms. The lowest BCUT2D eigenvalue weighted by Crippen LogP contribution is -2.23. The van der Waals surface area contributed by atoms with Gasteiger partial charge in [-0.1, -0.05) is 12.1 Å². The molecule has 0 unspecified atom stereocenters. The van der Waals surface area contributed by atoms with Gasteiger partial charge in [0.1, 0.15) is 48.3 Å². The summed E-state index contributed by atoms with van der Waals surface area (Å²) in [6, 6.07) is 29.0. The first-order valence-corrected chi connectivity index (χ1v) is 21.5. The van der Waals surface area contributed by atoms with Gasteiger partial charge >= 0.3 is 17.9 Å². The van der Waals surface area contributed by atoms with Gasteiger partial charge in [-0.15, -0.1) is 0 Å². The topological polar surface area (TPSA) is 253 Å². The number of phenolic OH excluding ortho intramolecular Hbond substituents is 1. The molecule has 3 heterocycles. The Labute approximate surface area is 396 Å². The largest absolute Gasteiger partial charge is 0.507 e. The number of fused-ring (bicyclic) bond motifs is 4. The molecular weight excluding hydrogens is 901 g/mol. The smallest absolute Gasteiger partial charge is 0.336 e. The lowest BCUT2D eigenvalue weighted by Gasteiger charge is -2.19. The second-order valence-electron chi connectivity index (χ2n) is 16.8. The lowest BCUT2D eigenvalue weighted by molar-refractivity contribution is 0.0682. The molecule has 0 fully saturated rings. The Hall–Kier alpha value is -9.51. The van der Waals surface area contributed by atoms with E-state index >= 15 is 0 Å². The molecule has 17 heteroatoms. The maximum atomic E-state index is 13.6. The maximum absolute atomic E-state index is 13.6. The standard InChI is InChI=1S/C53H40N4O13/c1-56(2)28-7-13-34-43(21-28)69-44-22-29(57(3)4)8-14-35(44)46(34)32-11-5-26(19-38(32)52(64)65)49(60)54-24-31-10-18-42(68-31)50(61)55-25-40-41(59)17-16-37-47(36-15-9-30(58)23-45(36)70-48(37)40)33-12-6-27(51(62)63)20-39(33)53(66)67/h5-23H,24-25H2,1-4H3,(H5-,54,55,58,59,60,61,62,63,64,65,66,67)/p+1. The van der Waals surface area contributed by atoms with Crippen LogP contribution in [0.25, 0.3) is 66.8 Å². The molecule has 4 aromatic carbocycles. The second kappa shape index (κ2) is 17.9. The second-order valence-corrected chi connectivity index (χ2v) is 16.8. The molecule has 4 aliphatic rings. The summed E-state index contributed by atoms with van der Waals surface area (Å²) in [5, 5.41) is 48.5. The van der Waals surface area contributed by atoms with Crippen LogP contribution in [0, 0.1) is 0 Å². The summed E-state index contributed by atoms with van der Waals surface area (Å²) in [6.45, 7) is -0.524. The van der Waals surface area contributed by atoms with Gasteiger partial charge in [-0.3, -0.25) is 14.4 Å². The van der Waals surface area contributed by atoms with Crippen LogP contribution >= 0.6 is 0 Å². The van der Waals surface area contributed by atoms with E-state index in [1.807, 2.05) is 74.1 Å².